The summed E-state index contributed by atoms with van der Waals surface area (Å²) in [4.78, 5) is 23.1. The molecule has 6 heteroatoms. The van der Waals surface area contributed by atoms with Crippen LogP contribution in [0.25, 0.3) is 0 Å². The summed E-state index contributed by atoms with van der Waals surface area (Å²) in [5, 5.41) is 2.73. The molecule has 0 aromatic carbocycles. The van der Waals surface area contributed by atoms with Crippen molar-refractivity contribution in [2.24, 2.45) is 0 Å². The smallest absolute Gasteiger partial charge is 0.408 e. The van der Waals surface area contributed by atoms with Crippen LogP contribution < -0.4 is 5.32 Å². The molecule has 0 saturated heterocycles. The molecule has 0 rings (SSSR count). The normalized spacial score (nSPS) is 13.0. The van der Waals surface area contributed by atoms with Gasteiger partial charge in [0.15, 0.2) is 5.78 Å². The lowest BCUT2D eigenvalue weighted by Gasteiger charge is -2.22. The number of ketones is 1. The van der Waals surface area contributed by atoms with E-state index in [1.807, 2.05) is 0 Å². The molecule has 1 atom stereocenters. The summed E-state index contributed by atoms with van der Waals surface area (Å²) in [6.07, 6.45) is -0.159. The first-order chi connectivity index (χ1) is 7.80. The van der Waals surface area contributed by atoms with Gasteiger partial charge in [-0.1, -0.05) is 15.9 Å². The highest BCUT2D eigenvalue weighted by atomic mass is 79.9. The summed E-state index contributed by atoms with van der Waals surface area (Å²) in [5.41, 5.74) is -0.576. The van der Waals surface area contributed by atoms with E-state index in [1.165, 1.54) is 0 Å². The summed E-state index contributed by atoms with van der Waals surface area (Å²) < 4.78 is 9.97. The third kappa shape index (κ3) is 8.15. The van der Waals surface area contributed by atoms with Crippen molar-refractivity contribution in [2.45, 2.75) is 38.8 Å². The lowest BCUT2D eigenvalue weighted by Crippen LogP contribution is -2.44. The molecule has 0 heterocycles. The maximum absolute atomic E-state index is 11.5. The first-order valence-corrected chi connectivity index (χ1v) is 6.49. The molecule has 5 nitrogen and oxygen atoms in total. The van der Waals surface area contributed by atoms with Gasteiger partial charge in [-0.2, -0.15) is 0 Å². The SMILES string of the molecule is COCCC(NC(=O)OC(C)(C)C)C(=O)CBr. The Morgan fingerprint density at radius 1 is 1.35 bits per heavy atom. The van der Waals surface area contributed by atoms with Gasteiger partial charge < -0.3 is 14.8 Å². The molecule has 0 saturated carbocycles. The lowest BCUT2D eigenvalue weighted by molar-refractivity contribution is -0.118. The number of hydrogen-bond acceptors (Lipinski definition) is 4. The summed E-state index contributed by atoms with van der Waals surface area (Å²) in [6.45, 7) is 5.70. The predicted octanol–water partition coefficient (Wildman–Crippen LogP) is 1.88. The molecule has 0 fully saturated rings. The van der Waals surface area contributed by atoms with Crippen LogP contribution in [0.1, 0.15) is 27.2 Å². The van der Waals surface area contributed by atoms with Crippen LogP contribution >= 0.6 is 15.9 Å². The summed E-state index contributed by atoms with van der Waals surface area (Å²) in [7, 11) is 1.54. The summed E-state index contributed by atoms with van der Waals surface area (Å²) >= 11 is 3.08. The Hall–Kier alpha value is -0.620. The molecule has 0 aliphatic heterocycles. The van der Waals surface area contributed by atoms with Crippen LogP contribution in [0.2, 0.25) is 0 Å². The molecule has 0 aliphatic carbocycles. The van der Waals surface area contributed by atoms with Crippen molar-refractivity contribution >= 4 is 27.8 Å². The molecule has 0 spiro atoms. The Morgan fingerprint density at radius 2 is 1.94 bits per heavy atom. The van der Waals surface area contributed by atoms with E-state index >= 15 is 0 Å². The van der Waals surface area contributed by atoms with Gasteiger partial charge in [0.1, 0.15) is 5.60 Å². The van der Waals surface area contributed by atoms with Crippen LogP contribution in [-0.4, -0.2) is 42.6 Å². The number of alkyl halides is 1. The zero-order chi connectivity index (χ0) is 13.5. The molecule has 17 heavy (non-hydrogen) atoms. The fraction of sp³-hybridized carbons (Fsp3) is 0.818. The lowest BCUT2D eigenvalue weighted by atomic mass is 10.1. The highest BCUT2D eigenvalue weighted by Gasteiger charge is 2.23. The van der Waals surface area contributed by atoms with E-state index in [0.717, 1.165) is 0 Å². The van der Waals surface area contributed by atoms with E-state index in [-0.39, 0.29) is 11.1 Å². The van der Waals surface area contributed by atoms with Gasteiger partial charge in [-0.05, 0) is 27.2 Å². The number of carbonyl (C=O) groups is 2. The van der Waals surface area contributed by atoms with E-state index in [9.17, 15) is 9.59 Å². The zero-order valence-electron chi connectivity index (χ0n) is 10.7. The molecule has 100 valence electrons. The third-order valence-electron chi connectivity index (χ3n) is 1.82. The molecule has 1 unspecified atom stereocenters. The number of alkyl carbamates (subject to hydrolysis) is 1. The number of rotatable bonds is 6. The van der Waals surface area contributed by atoms with Crippen molar-refractivity contribution < 1.29 is 19.1 Å². The van der Waals surface area contributed by atoms with E-state index in [4.69, 9.17) is 9.47 Å². The fourth-order valence-corrected chi connectivity index (χ4v) is 1.48. The van der Waals surface area contributed by atoms with Crippen LogP contribution in [0.15, 0.2) is 0 Å². The number of halogens is 1. The van der Waals surface area contributed by atoms with E-state index in [2.05, 4.69) is 21.2 Å². The van der Waals surface area contributed by atoms with Crippen molar-refractivity contribution in [1.82, 2.24) is 5.32 Å². The molecule has 1 amide bonds. The van der Waals surface area contributed by atoms with Crippen molar-refractivity contribution in [2.75, 3.05) is 19.0 Å². The first kappa shape index (κ1) is 16.4. The first-order valence-electron chi connectivity index (χ1n) is 5.37. The van der Waals surface area contributed by atoms with E-state index in [0.29, 0.717) is 13.0 Å². The van der Waals surface area contributed by atoms with Gasteiger partial charge >= 0.3 is 6.09 Å². The van der Waals surface area contributed by atoms with Crippen molar-refractivity contribution in [3.8, 4) is 0 Å². The molecule has 0 aromatic heterocycles. The van der Waals surface area contributed by atoms with Gasteiger partial charge in [0.2, 0.25) is 0 Å². The number of amides is 1. The second-order valence-electron chi connectivity index (χ2n) is 4.58. The molecule has 0 aliphatic rings. The monoisotopic (exact) mass is 309 g/mol. The molecular weight excluding hydrogens is 290 g/mol. The maximum Gasteiger partial charge on any atom is 0.408 e. The second kappa shape index (κ2) is 7.66. The third-order valence-corrected chi connectivity index (χ3v) is 2.37. The Kier molecular flexibility index (Phi) is 7.38. The standard InChI is InChI=1S/C11H20BrNO4/c1-11(2,3)17-10(15)13-8(5-6-16-4)9(14)7-12/h8H,5-7H2,1-4H3,(H,13,15). The second-order valence-corrected chi connectivity index (χ2v) is 5.14. The number of hydrogen-bond donors (Lipinski definition) is 1. The number of methoxy groups -OCH3 is 1. The van der Waals surface area contributed by atoms with Gasteiger partial charge in [0, 0.05) is 13.7 Å². The number of nitrogens with one attached hydrogen (secondary N) is 1. The summed E-state index contributed by atoms with van der Waals surface area (Å²) in [5.74, 6) is -0.104. The van der Waals surface area contributed by atoms with Crippen LogP contribution in [0.3, 0.4) is 0 Å². The van der Waals surface area contributed by atoms with Crippen LogP contribution in [0.4, 0.5) is 4.79 Å². The Labute approximate surface area is 110 Å². The van der Waals surface area contributed by atoms with Crippen LogP contribution in [0.5, 0.6) is 0 Å². The summed E-state index contributed by atoms with van der Waals surface area (Å²) in [6, 6.07) is -0.579. The molecule has 0 bridgehead atoms. The molecule has 1 N–H and O–H groups in total. The van der Waals surface area contributed by atoms with Gasteiger partial charge in [-0.25, -0.2) is 4.79 Å². The van der Waals surface area contributed by atoms with E-state index in [1.54, 1.807) is 27.9 Å². The predicted molar refractivity (Wildman–Crippen MR) is 68.5 cm³/mol. The largest absolute Gasteiger partial charge is 0.444 e. The number of Topliss-reactive ketones (excluding diaryl/α,β-unsaturated/α-hetero) is 1. The highest BCUT2D eigenvalue weighted by molar-refractivity contribution is 9.09. The van der Waals surface area contributed by atoms with Gasteiger partial charge in [0.05, 0.1) is 11.4 Å². The van der Waals surface area contributed by atoms with Crippen LogP contribution in [0, 0.1) is 0 Å². The van der Waals surface area contributed by atoms with Crippen molar-refractivity contribution in [3.05, 3.63) is 0 Å². The number of ether oxygens (including phenoxy) is 2. The molecule has 0 aromatic rings. The number of carbonyl (C=O) groups excluding carboxylic acids is 2. The topological polar surface area (TPSA) is 64.6 Å². The average molecular weight is 310 g/mol. The minimum atomic E-state index is -0.590. The Bertz CT molecular complexity index is 263. The van der Waals surface area contributed by atoms with Crippen molar-refractivity contribution in [3.63, 3.8) is 0 Å². The van der Waals surface area contributed by atoms with Crippen molar-refractivity contribution in [1.29, 1.82) is 0 Å². The Balaban J connectivity index is 4.32. The molecule has 0 radical (unpaired) electrons. The minimum Gasteiger partial charge on any atom is -0.444 e. The van der Waals surface area contributed by atoms with Gasteiger partial charge in [-0.3, -0.25) is 4.79 Å². The minimum absolute atomic E-state index is 0.104. The fourth-order valence-electron chi connectivity index (χ4n) is 1.09. The Morgan fingerprint density at radius 3 is 2.35 bits per heavy atom. The zero-order valence-corrected chi connectivity index (χ0v) is 12.3. The van der Waals surface area contributed by atoms with Gasteiger partial charge in [0.25, 0.3) is 0 Å². The average Bonchev–Trinajstić information content (AvgIpc) is 2.20. The quantitative estimate of drug-likeness (QED) is 0.761. The van der Waals surface area contributed by atoms with Crippen LogP contribution in [-0.2, 0) is 14.3 Å². The van der Waals surface area contributed by atoms with Gasteiger partial charge in [-0.15, -0.1) is 0 Å². The maximum atomic E-state index is 11.5. The van der Waals surface area contributed by atoms with E-state index < -0.39 is 17.7 Å². The highest BCUT2D eigenvalue weighted by Crippen LogP contribution is 2.07. The molecular formula is C11H20BrNO4.